The van der Waals surface area contributed by atoms with Gasteiger partial charge in [-0.2, -0.15) is 0 Å². The standard InChI is InChI=1S/C16H19NO3/c1-20-11-5-6-12-13(9-11)15(18)10-14(12)16(19)17-7-3-2-4-8-17/h5-6,9,14H,2-4,7-8,10H2,1H3. The number of likely N-dealkylation sites (tertiary alicyclic amines) is 1. The van der Waals surface area contributed by atoms with Crippen LogP contribution in [0.2, 0.25) is 0 Å². The van der Waals surface area contributed by atoms with Crippen LogP contribution in [-0.4, -0.2) is 36.8 Å². The minimum Gasteiger partial charge on any atom is -0.497 e. The van der Waals surface area contributed by atoms with Crippen LogP contribution in [0.5, 0.6) is 5.75 Å². The van der Waals surface area contributed by atoms with E-state index in [0.29, 0.717) is 17.7 Å². The van der Waals surface area contributed by atoms with Gasteiger partial charge in [0.15, 0.2) is 5.78 Å². The number of ether oxygens (including phenoxy) is 1. The van der Waals surface area contributed by atoms with Gasteiger partial charge < -0.3 is 9.64 Å². The van der Waals surface area contributed by atoms with Crippen LogP contribution in [0.4, 0.5) is 0 Å². The number of fused-ring (bicyclic) bond motifs is 1. The van der Waals surface area contributed by atoms with Gasteiger partial charge in [0.25, 0.3) is 0 Å². The van der Waals surface area contributed by atoms with Crippen molar-refractivity contribution in [2.45, 2.75) is 31.6 Å². The van der Waals surface area contributed by atoms with Crippen molar-refractivity contribution in [3.05, 3.63) is 29.3 Å². The molecule has 3 rings (SSSR count). The Labute approximate surface area is 118 Å². The van der Waals surface area contributed by atoms with Gasteiger partial charge in [0.05, 0.1) is 13.0 Å². The Morgan fingerprint density at radius 1 is 1.25 bits per heavy atom. The van der Waals surface area contributed by atoms with Gasteiger partial charge in [-0.1, -0.05) is 6.07 Å². The van der Waals surface area contributed by atoms with Gasteiger partial charge in [-0.25, -0.2) is 0 Å². The lowest BCUT2D eigenvalue weighted by Gasteiger charge is -2.29. The van der Waals surface area contributed by atoms with Crippen LogP contribution in [0.3, 0.4) is 0 Å². The van der Waals surface area contributed by atoms with Gasteiger partial charge in [-0.3, -0.25) is 9.59 Å². The minimum atomic E-state index is -0.290. The maximum atomic E-state index is 12.6. The van der Waals surface area contributed by atoms with Gasteiger partial charge in [-0.05, 0) is 37.0 Å². The zero-order valence-electron chi connectivity index (χ0n) is 11.7. The number of nitrogens with zero attached hydrogens (tertiary/aromatic N) is 1. The first-order valence-electron chi connectivity index (χ1n) is 7.20. The lowest BCUT2D eigenvalue weighted by atomic mass is 9.98. The number of methoxy groups -OCH3 is 1. The summed E-state index contributed by atoms with van der Waals surface area (Å²) < 4.78 is 5.15. The Balaban J connectivity index is 1.87. The highest BCUT2D eigenvalue weighted by Gasteiger charge is 2.36. The maximum Gasteiger partial charge on any atom is 0.230 e. The number of rotatable bonds is 2. The number of ketones is 1. The molecule has 1 aliphatic heterocycles. The van der Waals surface area contributed by atoms with Crippen molar-refractivity contribution in [3.63, 3.8) is 0 Å². The molecule has 4 heteroatoms. The van der Waals surface area contributed by atoms with Crippen LogP contribution in [-0.2, 0) is 4.79 Å². The summed E-state index contributed by atoms with van der Waals surface area (Å²) in [5.41, 5.74) is 1.52. The van der Waals surface area contributed by atoms with E-state index in [1.807, 2.05) is 17.0 Å². The molecule has 0 saturated carbocycles. The summed E-state index contributed by atoms with van der Waals surface area (Å²) in [6.07, 6.45) is 3.64. The number of carbonyl (C=O) groups excluding carboxylic acids is 2. The lowest BCUT2D eigenvalue weighted by molar-refractivity contribution is -0.133. The second-order valence-corrected chi connectivity index (χ2v) is 5.52. The molecule has 20 heavy (non-hydrogen) atoms. The Hall–Kier alpha value is -1.84. The molecule has 0 radical (unpaired) electrons. The van der Waals surface area contributed by atoms with E-state index < -0.39 is 0 Å². The highest BCUT2D eigenvalue weighted by atomic mass is 16.5. The first-order valence-corrected chi connectivity index (χ1v) is 7.20. The molecular weight excluding hydrogens is 254 g/mol. The van der Waals surface area contributed by atoms with E-state index in [9.17, 15) is 9.59 Å². The number of amides is 1. The third-order valence-electron chi connectivity index (χ3n) is 4.29. The van der Waals surface area contributed by atoms with E-state index in [1.54, 1.807) is 13.2 Å². The maximum absolute atomic E-state index is 12.6. The van der Waals surface area contributed by atoms with Crippen molar-refractivity contribution in [2.24, 2.45) is 0 Å². The molecule has 1 fully saturated rings. The summed E-state index contributed by atoms with van der Waals surface area (Å²) in [5.74, 6) is 0.543. The first kappa shape index (κ1) is 13.2. The van der Waals surface area contributed by atoms with E-state index in [4.69, 9.17) is 4.74 Å². The van der Waals surface area contributed by atoms with E-state index >= 15 is 0 Å². The van der Waals surface area contributed by atoms with Crippen molar-refractivity contribution in [1.82, 2.24) is 4.90 Å². The van der Waals surface area contributed by atoms with Crippen molar-refractivity contribution < 1.29 is 14.3 Å². The summed E-state index contributed by atoms with van der Waals surface area (Å²) in [6.45, 7) is 1.66. The molecule has 4 nitrogen and oxygen atoms in total. The summed E-state index contributed by atoms with van der Waals surface area (Å²) in [6, 6.07) is 5.45. The molecule has 1 heterocycles. The number of hydrogen-bond acceptors (Lipinski definition) is 3. The zero-order valence-corrected chi connectivity index (χ0v) is 11.7. The molecule has 0 aromatic heterocycles. The number of benzene rings is 1. The molecule has 1 aliphatic carbocycles. The van der Waals surface area contributed by atoms with Gasteiger partial charge >= 0.3 is 0 Å². The topological polar surface area (TPSA) is 46.6 Å². The van der Waals surface area contributed by atoms with Crippen molar-refractivity contribution in [1.29, 1.82) is 0 Å². The van der Waals surface area contributed by atoms with Crippen LogP contribution in [0, 0.1) is 0 Å². The molecule has 0 N–H and O–H groups in total. The van der Waals surface area contributed by atoms with Gasteiger partial charge in [0.2, 0.25) is 5.91 Å². The second-order valence-electron chi connectivity index (χ2n) is 5.52. The summed E-state index contributed by atoms with van der Waals surface area (Å²) >= 11 is 0. The minimum absolute atomic E-state index is 0.0502. The highest BCUT2D eigenvalue weighted by molar-refractivity contribution is 6.07. The summed E-state index contributed by atoms with van der Waals surface area (Å²) in [7, 11) is 1.58. The van der Waals surface area contributed by atoms with E-state index in [2.05, 4.69) is 0 Å². The Bertz CT molecular complexity index is 547. The van der Waals surface area contributed by atoms with E-state index in [-0.39, 0.29) is 17.6 Å². The third kappa shape index (κ3) is 2.19. The molecular formula is C16H19NO3. The van der Waals surface area contributed by atoms with E-state index in [1.165, 1.54) is 6.42 Å². The Kier molecular flexibility index (Phi) is 3.47. The fraction of sp³-hybridized carbons (Fsp3) is 0.500. The first-order chi connectivity index (χ1) is 9.70. The quantitative estimate of drug-likeness (QED) is 0.831. The van der Waals surface area contributed by atoms with Crippen molar-refractivity contribution >= 4 is 11.7 Å². The van der Waals surface area contributed by atoms with Crippen molar-refractivity contribution in [3.8, 4) is 5.75 Å². The summed E-state index contributed by atoms with van der Waals surface area (Å²) in [4.78, 5) is 26.6. The van der Waals surface area contributed by atoms with Gasteiger partial charge in [0.1, 0.15) is 5.75 Å². The predicted octanol–water partition coefficient (Wildman–Crippen LogP) is 2.38. The number of carbonyl (C=O) groups is 2. The fourth-order valence-electron chi connectivity index (χ4n) is 3.17. The molecule has 1 aromatic rings. The molecule has 1 saturated heterocycles. The third-order valence-corrected chi connectivity index (χ3v) is 4.29. The Morgan fingerprint density at radius 2 is 2.00 bits per heavy atom. The lowest BCUT2D eigenvalue weighted by Crippen LogP contribution is -2.38. The zero-order chi connectivity index (χ0) is 14.1. The molecule has 0 spiro atoms. The van der Waals surface area contributed by atoms with E-state index in [0.717, 1.165) is 31.5 Å². The van der Waals surface area contributed by atoms with Gasteiger partial charge in [0, 0.05) is 25.1 Å². The SMILES string of the molecule is COc1ccc2c(c1)C(=O)CC2C(=O)N1CCCCC1. The largest absolute Gasteiger partial charge is 0.497 e. The molecule has 1 unspecified atom stereocenters. The molecule has 2 aliphatic rings. The molecule has 1 atom stereocenters. The molecule has 1 amide bonds. The van der Waals surface area contributed by atoms with Crippen molar-refractivity contribution in [2.75, 3.05) is 20.2 Å². The number of piperidine rings is 1. The van der Waals surface area contributed by atoms with Crippen LogP contribution in [0.1, 0.15) is 47.5 Å². The highest BCUT2D eigenvalue weighted by Crippen LogP contribution is 2.36. The van der Waals surface area contributed by atoms with Crippen LogP contribution in [0.15, 0.2) is 18.2 Å². The van der Waals surface area contributed by atoms with Crippen LogP contribution in [0.25, 0.3) is 0 Å². The normalized spacial score (nSPS) is 21.8. The average molecular weight is 273 g/mol. The smallest absolute Gasteiger partial charge is 0.230 e. The van der Waals surface area contributed by atoms with Crippen LogP contribution >= 0.6 is 0 Å². The van der Waals surface area contributed by atoms with Gasteiger partial charge in [-0.15, -0.1) is 0 Å². The molecule has 0 bridgehead atoms. The average Bonchev–Trinajstić information content (AvgIpc) is 2.84. The number of hydrogen-bond donors (Lipinski definition) is 0. The molecule has 106 valence electrons. The number of Topliss-reactive ketones (excluding diaryl/α,β-unsaturated/α-hetero) is 1. The second kappa shape index (κ2) is 5.27. The van der Waals surface area contributed by atoms with Crippen LogP contribution < -0.4 is 4.74 Å². The predicted molar refractivity (Wildman–Crippen MR) is 75.1 cm³/mol. The summed E-state index contributed by atoms with van der Waals surface area (Å²) in [5, 5.41) is 0. The fourth-order valence-corrected chi connectivity index (χ4v) is 3.17. The Morgan fingerprint density at radius 3 is 2.70 bits per heavy atom. The monoisotopic (exact) mass is 273 g/mol. The molecule has 1 aromatic carbocycles.